The highest BCUT2D eigenvalue weighted by atomic mass is 32.1. The Morgan fingerprint density at radius 2 is 1.68 bits per heavy atom. The van der Waals surface area contributed by atoms with Gasteiger partial charge in [0.1, 0.15) is 19.0 Å². The number of hydrogen-bond acceptors (Lipinski definition) is 6. The molecular formula is C26H22N2O5S. The number of rotatable bonds is 7. The Bertz CT molecular complexity index is 1310. The van der Waals surface area contributed by atoms with Gasteiger partial charge in [0, 0.05) is 17.0 Å². The van der Waals surface area contributed by atoms with Crippen LogP contribution < -0.4 is 20.1 Å². The summed E-state index contributed by atoms with van der Waals surface area (Å²) < 4.78 is 16.5. The highest BCUT2D eigenvalue weighted by Gasteiger charge is 2.15. The quantitative estimate of drug-likeness (QED) is 0.407. The molecule has 0 aliphatic carbocycles. The van der Waals surface area contributed by atoms with Crippen LogP contribution in [0.15, 0.2) is 77.4 Å². The predicted molar refractivity (Wildman–Crippen MR) is 128 cm³/mol. The maximum atomic E-state index is 12.7. The lowest BCUT2D eigenvalue weighted by Gasteiger charge is -2.18. The average Bonchev–Trinajstić information content (AvgIpc) is 3.58. The third-order valence-corrected chi connectivity index (χ3v) is 6.44. The predicted octanol–water partition coefficient (Wildman–Crippen LogP) is 4.64. The minimum absolute atomic E-state index is 0.165. The molecule has 8 heteroatoms. The number of benzene rings is 2. The lowest BCUT2D eigenvalue weighted by Crippen LogP contribution is -2.24. The monoisotopic (exact) mass is 474 g/mol. The smallest absolute Gasteiger partial charge is 0.261 e. The number of furan rings is 1. The maximum Gasteiger partial charge on any atom is 0.261 e. The Kier molecular flexibility index (Phi) is 6.31. The molecule has 2 N–H and O–H groups in total. The molecule has 0 unspecified atom stereocenters. The topological polar surface area (TPSA) is 89.8 Å². The summed E-state index contributed by atoms with van der Waals surface area (Å²) in [6.45, 7) is 1.71. The van der Waals surface area contributed by atoms with Crippen LogP contribution in [0.3, 0.4) is 0 Å². The van der Waals surface area contributed by atoms with Gasteiger partial charge in [0.2, 0.25) is 0 Å². The van der Waals surface area contributed by atoms with Crippen molar-refractivity contribution in [3.8, 4) is 21.9 Å². The van der Waals surface area contributed by atoms with Crippen LogP contribution >= 0.6 is 11.3 Å². The molecule has 2 aromatic heterocycles. The van der Waals surface area contributed by atoms with Crippen LogP contribution in [0, 0.1) is 0 Å². The molecule has 34 heavy (non-hydrogen) atoms. The van der Waals surface area contributed by atoms with Crippen molar-refractivity contribution in [3.63, 3.8) is 0 Å². The van der Waals surface area contributed by atoms with Gasteiger partial charge in [-0.1, -0.05) is 12.1 Å². The van der Waals surface area contributed by atoms with E-state index in [2.05, 4.69) is 10.6 Å². The van der Waals surface area contributed by atoms with Crippen LogP contribution in [-0.2, 0) is 13.1 Å². The molecule has 0 spiro atoms. The van der Waals surface area contributed by atoms with Gasteiger partial charge in [0.15, 0.2) is 11.5 Å². The van der Waals surface area contributed by atoms with Gasteiger partial charge in [-0.15, -0.1) is 11.3 Å². The zero-order valence-corrected chi connectivity index (χ0v) is 19.0. The van der Waals surface area contributed by atoms with Gasteiger partial charge in [-0.05, 0) is 65.7 Å². The number of hydrogen-bond donors (Lipinski definition) is 2. The lowest BCUT2D eigenvalue weighted by molar-refractivity contribution is 0.0944. The number of nitrogens with one attached hydrogen (secondary N) is 2. The first kappa shape index (κ1) is 21.8. The van der Waals surface area contributed by atoms with Crippen molar-refractivity contribution in [1.29, 1.82) is 0 Å². The molecule has 0 fully saturated rings. The van der Waals surface area contributed by atoms with Gasteiger partial charge >= 0.3 is 0 Å². The van der Waals surface area contributed by atoms with Crippen LogP contribution in [0.25, 0.3) is 10.4 Å². The molecule has 5 rings (SSSR count). The summed E-state index contributed by atoms with van der Waals surface area (Å²) in [7, 11) is 0. The molecule has 0 atom stereocenters. The molecule has 0 saturated carbocycles. The average molecular weight is 475 g/mol. The van der Waals surface area contributed by atoms with Crippen molar-refractivity contribution in [3.05, 3.63) is 94.8 Å². The van der Waals surface area contributed by atoms with Crippen molar-refractivity contribution < 1.29 is 23.5 Å². The molecule has 7 nitrogen and oxygen atoms in total. The lowest BCUT2D eigenvalue weighted by atomic mass is 10.1. The summed E-state index contributed by atoms with van der Waals surface area (Å²) in [6.07, 6.45) is 1.57. The van der Waals surface area contributed by atoms with Crippen LogP contribution in [0.4, 0.5) is 0 Å². The fraction of sp³-hybridized carbons (Fsp3) is 0.154. The van der Waals surface area contributed by atoms with E-state index >= 15 is 0 Å². The minimum atomic E-state index is -0.202. The summed E-state index contributed by atoms with van der Waals surface area (Å²) in [6, 6.07) is 20.3. The molecule has 2 amide bonds. The van der Waals surface area contributed by atoms with E-state index in [9.17, 15) is 9.59 Å². The SMILES string of the molecule is O=C(NCc1ccco1)c1cccc(CNC(=O)c2ccc(-c3ccc4c(c3)OCCO4)s2)c1. The first-order chi connectivity index (χ1) is 16.7. The Morgan fingerprint density at radius 1 is 0.824 bits per heavy atom. The number of carbonyl (C=O) groups excluding carboxylic acids is 2. The summed E-state index contributed by atoms with van der Waals surface area (Å²) in [5, 5.41) is 5.75. The summed E-state index contributed by atoms with van der Waals surface area (Å²) in [4.78, 5) is 26.7. The second-order valence-electron chi connectivity index (χ2n) is 7.67. The molecule has 3 heterocycles. The van der Waals surface area contributed by atoms with Gasteiger partial charge in [0.05, 0.1) is 17.7 Å². The third-order valence-electron chi connectivity index (χ3n) is 5.30. The van der Waals surface area contributed by atoms with Crippen molar-refractivity contribution in [1.82, 2.24) is 10.6 Å². The molecule has 0 saturated heterocycles. The third kappa shape index (κ3) is 4.97. The zero-order chi connectivity index (χ0) is 23.3. The summed E-state index contributed by atoms with van der Waals surface area (Å²) in [5.41, 5.74) is 2.33. The molecule has 0 radical (unpaired) electrons. The van der Waals surface area contributed by atoms with Crippen molar-refractivity contribution in [2.24, 2.45) is 0 Å². The molecule has 172 valence electrons. The van der Waals surface area contributed by atoms with Gasteiger partial charge in [0.25, 0.3) is 11.8 Å². The standard InChI is InChI=1S/C26H22N2O5S/c29-25(28-16-20-5-2-10-31-20)19-4-1-3-17(13-19)15-27-26(30)24-9-8-23(34-24)18-6-7-21-22(14-18)33-12-11-32-21/h1-10,13-14H,11-12,15-16H2,(H,27,30)(H,28,29). The van der Waals surface area contributed by atoms with Crippen molar-refractivity contribution >= 4 is 23.2 Å². The Balaban J connectivity index is 1.19. The Morgan fingerprint density at radius 3 is 2.53 bits per heavy atom. The van der Waals surface area contributed by atoms with E-state index in [0.717, 1.165) is 27.5 Å². The zero-order valence-electron chi connectivity index (χ0n) is 18.2. The molecule has 1 aliphatic rings. The molecule has 0 bridgehead atoms. The number of ether oxygens (including phenoxy) is 2. The van der Waals surface area contributed by atoms with Gasteiger partial charge < -0.3 is 24.5 Å². The maximum absolute atomic E-state index is 12.7. The van der Waals surface area contributed by atoms with E-state index in [0.29, 0.717) is 42.5 Å². The van der Waals surface area contributed by atoms with Crippen molar-refractivity contribution in [2.75, 3.05) is 13.2 Å². The van der Waals surface area contributed by atoms with Gasteiger partial charge in [-0.3, -0.25) is 9.59 Å². The molecule has 4 aromatic rings. The van der Waals surface area contributed by atoms with Gasteiger partial charge in [-0.2, -0.15) is 0 Å². The van der Waals surface area contributed by atoms with Crippen molar-refractivity contribution in [2.45, 2.75) is 13.1 Å². The summed E-state index contributed by atoms with van der Waals surface area (Å²) in [5.74, 6) is 1.77. The van der Waals surface area contributed by atoms with Crippen LogP contribution in [-0.4, -0.2) is 25.0 Å². The highest BCUT2D eigenvalue weighted by Crippen LogP contribution is 2.36. The molecule has 1 aliphatic heterocycles. The first-order valence-electron chi connectivity index (χ1n) is 10.8. The minimum Gasteiger partial charge on any atom is -0.486 e. The normalized spacial score (nSPS) is 12.2. The van der Waals surface area contributed by atoms with E-state index in [1.54, 1.807) is 36.6 Å². The Labute approximate surface area is 200 Å². The largest absolute Gasteiger partial charge is 0.486 e. The highest BCUT2D eigenvalue weighted by molar-refractivity contribution is 7.17. The van der Waals surface area contributed by atoms with Gasteiger partial charge in [-0.25, -0.2) is 0 Å². The fourth-order valence-corrected chi connectivity index (χ4v) is 4.51. The first-order valence-corrected chi connectivity index (χ1v) is 11.6. The Hall–Kier alpha value is -4.04. The number of thiophene rings is 1. The van der Waals surface area contributed by atoms with E-state index in [1.165, 1.54) is 11.3 Å². The van der Waals surface area contributed by atoms with Crippen LogP contribution in [0.2, 0.25) is 0 Å². The second kappa shape index (κ2) is 9.84. The second-order valence-corrected chi connectivity index (χ2v) is 8.75. The van der Waals surface area contributed by atoms with E-state index < -0.39 is 0 Å². The molecule has 2 aromatic carbocycles. The number of amides is 2. The van der Waals surface area contributed by atoms with E-state index in [-0.39, 0.29) is 11.8 Å². The number of fused-ring (bicyclic) bond motifs is 1. The van der Waals surface area contributed by atoms with E-state index in [1.807, 2.05) is 36.4 Å². The van der Waals surface area contributed by atoms with Crippen LogP contribution in [0.1, 0.15) is 31.4 Å². The van der Waals surface area contributed by atoms with E-state index in [4.69, 9.17) is 13.9 Å². The van der Waals surface area contributed by atoms with Crippen LogP contribution in [0.5, 0.6) is 11.5 Å². The number of carbonyl (C=O) groups is 2. The molecular weight excluding hydrogens is 452 g/mol. The fourth-order valence-electron chi connectivity index (χ4n) is 3.59. The summed E-state index contributed by atoms with van der Waals surface area (Å²) >= 11 is 1.41.